The number of Topliss-reactive ketones (excluding diaryl/α,β-unsaturated/α-hetero) is 2. The van der Waals surface area contributed by atoms with Crippen molar-refractivity contribution in [2.24, 2.45) is 40.7 Å². The van der Waals surface area contributed by atoms with E-state index >= 15 is 0 Å². The van der Waals surface area contributed by atoms with Gasteiger partial charge in [-0.25, -0.2) is 9.78 Å². The van der Waals surface area contributed by atoms with Crippen LogP contribution in [0.5, 0.6) is 0 Å². The minimum Gasteiger partial charge on any atom is -0.363 e. The molecule has 44 heavy (non-hydrogen) atoms. The first-order valence-corrected chi connectivity index (χ1v) is 15.5. The minimum absolute atomic E-state index is 0.0716. The fraction of sp³-hybridized carbons (Fsp3) is 0.656. The predicted octanol–water partition coefficient (Wildman–Crippen LogP) is 1.74. The molecule has 3 aliphatic rings. The van der Waals surface area contributed by atoms with Crippen molar-refractivity contribution in [3.8, 4) is 0 Å². The van der Waals surface area contributed by atoms with Crippen molar-refractivity contribution >= 4 is 35.3 Å². The summed E-state index contributed by atoms with van der Waals surface area (Å²) in [5.74, 6) is -3.63. The predicted molar refractivity (Wildman–Crippen MR) is 162 cm³/mol. The summed E-state index contributed by atoms with van der Waals surface area (Å²) in [6.45, 7) is 13.4. The third kappa shape index (κ3) is 6.94. The van der Waals surface area contributed by atoms with Crippen LogP contribution in [0.15, 0.2) is 18.2 Å². The Labute approximate surface area is 258 Å². The van der Waals surface area contributed by atoms with Crippen molar-refractivity contribution in [3.63, 3.8) is 0 Å². The number of aromatic nitrogens is 1. The van der Waals surface area contributed by atoms with Gasteiger partial charge in [-0.2, -0.15) is 0 Å². The maximum atomic E-state index is 14.0. The van der Waals surface area contributed by atoms with Crippen molar-refractivity contribution in [3.05, 3.63) is 29.6 Å². The summed E-state index contributed by atoms with van der Waals surface area (Å²) in [6, 6.07) is 0.656. The lowest BCUT2D eigenvalue weighted by Crippen LogP contribution is -2.60. The standard InChI is InChI=1S/C32H46N6O6/c1-15(2)23(26(39)20-10-8-9-17(5)34-20)36-31(44)37-24(16(3)4)30(43)38-14-19-22(32(19,6)7)25(38)29(42)35-21(13-18-11-12-18)27(40)28(33)41/h8-10,15-16,18-19,21-25H,11-14H2,1-7H3,(H2,33,41)(H,35,42)(H2,36,37,44)/t19-,21?,22-,23-,24-,25-/m0/s1. The van der Waals surface area contributed by atoms with Gasteiger partial charge in [0, 0.05) is 12.2 Å². The van der Waals surface area contributed by atoms with Gasteiger partial charge in [-0.3, -0.25) is 24.0 Å². The summed E-state index contributed by atoms with van der Waals surface area (Å²) >= 11 is 0. The maximum absolute atomic E-state index is 14.0. The molecule has 2 heterocycles. The number of aryl methyl sites for hydroxylation is 1. The first kappa shape index (κ1) is 33.1. The Hall–Kier alpha value is -3.83. The smallest absolute Gasteiger partial charge is 0.316 e. The van der Waals surface area contributed by atoms with E-state index in [1.165, 1.54) is 4.90 Å². The van der Waals surface area contributed by atoms with Crippen molar-refractivity contribution in [2.45, 2.75) is 91.9 Å². The number of carbonyl (C=O) groups is 6. The molecule has 1 saturated heterocycles. The maximum Gasteiger partial charge on any atom is 0.316 e. The first-order valence-electron chi connectivity index (χ1n) is 15.5. The number of nitrogens with two attached hydrogens (primary N) is 1. The zero-order valence-corrected chi connectivity index (χ0v) is 26.7. The summed E-state index contributed by atoms with van der Waals surface area (Å²) in [5.41, 5.74) is 6.00. The number of primary amides is 1. The molecule has 1 unspecified atom stereocenters. The quantitative estimate of drug-likeness (QED) is 0.194. The molecule has 0 radical (unpaired) electrons. The van der Waals surface area contributed by atoms with Crippen LogP contribution in [-0.4, -0.2) is 75.9 Å². The van der Waals surface area contributed by atoms with Gasteiger partial charge in [0.15, 0.2) is 0 Å². The second kappa shape index (κ2) is 12.6. The SMILES string of the molecule is Cc1cccc(C(=O)[C@@H](NC(=O)N[C@H](C(=O)N2C[C@H]3[C@@H]([C@H]2C(=O)NC(CC2CC2)C(=O)C(N)=O)C3(C)C)C(C)C)C(C)C)n1. The highest BCUT2D eigenvalue weighted by atomic mass is 16.2. The monoisotopic (exact) mass is 610 g/mol. The van der Waals surface area contributed by atoms with Crippen molar-refractivity contribution in [2.75, 3.05) is 6.54 Å². The number of urea groups is 1. The number of pyridine rings is 1. The van der Waals surface area contributed by atoms with Gasteiger partial charge in [0.1, 0.15) is 17.8 Å². The zero-order valence-electron chi connectivity index (χ0n) is 26.7. The summed E-state index contributed by atoms with van der Waals surface area (Å²) in [6.07, 6.45) is 2.16. The Morgan fingerprint density at radius 1 is 0.977 bits per heavy atom. The van der Waals surface area contributed by atoms with Crippen LogP contribution in [0, 0.1) is 41.9 Å². The van der Waals surface area contributed by atoms with Crippen molar-refractivity contribution in [1.29, 1.82) is 0 Å². The van der Waals surface area contributed by atoms with E-state index in [-0.39, 0.29) is 46.5 Å². The van der Waals surface area contributed by atoms with Gasteiger partial charge in [-0.05, 0) is 60.5 Å². The van der Waals surface area contributed by atoms with E-state index in [9.17, 15) is 28.8 Å². The summed E-state index contributed by atoms with van der Waals surface area (Å²) in [5, 5.41) is 8.23. The Morgan fingerprint density at radius 2 is 1.59 bits per heavy atom. The molecule has 2 aliphatic carbocycles. The highest BCUT2D eigenvalue weighted by molar-refractivity contribution is 6.37. The largest absolute Gasteiger partial charge is 0.363 e. The third-order valence-electron chi connectivity index (χ3n) is 9.50. The van der Waals surface area contributed by atoms with E-state index in [2.05, 4.69) is 20.9 Å². The Bertz CT molecular complexity index is 1340. The normalized spacial score (nSPS) is 23.8. The van der Waals surface area contributed by atoms with Crippen LogP contribution in [0.4, 0.5) is 4.79 Å². The molecule has 0 aromatic carbocycles. The second-order valence-electron chi connectivity index (χ2n) is 13.9. The molecule has 1 aromatic heterocycles. The summed E-state index contributed by atoms with van der Waals surface area (Å²) in [4.78, 5) is 84.3. The van der Waals surface area contributed by atoms with E-state index in [0.717, 1.165) is 12.8 Å². The second-order valence-corrected chi connectivity index (χ2v) is 13.9. The molecule has 5 N–H and O–H groups in total. The fourth-order valence-corrected chi connectivity index (χ4v) is 6.55. The van der Waals surface area contributed by atoms with E-state index in [4.69, 9.17) is 5.73 Å². The fourth-order valence-electron chi connectivity index (χ4n) is 6.55. The Balaban J connectivity index is 1.50. The summed E-state index contributed by atoms with van der Waals surface area (Å²) in [7, 11) is 0. The van der Waals surface area contributed by atoms with E-state index in [0.29, 0.717) is 18.7 Å². The number of piperidine rings is 1. The lowest BCUT2D eigenvalue weighted by Gasteiger charge is -2.35. The molecule has 240 valence electrons. The van der Waals surface area contributed by atoms with Gasteiger partial charge < -0.3 is 26.6 Å². The summed E-state index contributed by atoms with van der Waals surface area (Å²) < 4.78 is 0. The number of ketones is 2. The molecule has 2 saturated carbocycles. The highest BCUT2D eigenvalue weighted by Gasteiger charge is 2.69. The number of amides is 5. The molecule has 1 aromatic rings. The average Bonchev–Trinajstić information content (AvgIpc) is 3.80. The van der Waals surface area contributed by atoms with Gasteiger partial charge >= 0.3 is 6.03 Å². The average molecular weight is 611 g/mol. The molecule has 3 fully saturated rings. The van der Waals surface area contributed by atoms with E-state index in [1.807, 2.05) is 27.7 Å². The number of hydrogen-bond acceptors (Lipinski definition) is 7. The molecule has 0 bridgehead atoms. The van der Waals surface area contributed by atoms with E-state index in [1.54, 1.807) is 39.0 Å². The molecule has 12 nitrogen and oxygen atoms in total. The van der Waals surface area contributed by atoms with Crippen molar-refractivity contribution < 1.29 is 28.8 Å². The lowest BCUT2D eigenvalue weighted by atomic mass is 9.96. The molecule has 1 aliphatic heterocycles. The van der Waals surface area contributed by atoms with Gasteiger partial charge in [0.25, 0.3) is 5.91 Å². The van der Waals surface area contributed by atoms with Crippen LogP contribution >= 0.6 is 0 Å². The zero-order chi connectivity index (χ0) is 32.7. The molecule has 6 atom stereocenters. The van der Waals surface area contributed by atoms with Crippen LogP contribution < -0.4 is 21.7 Å². The van der Waals surface area contributed by atoms with Gasteiger partial charge in [-0.1, -0.05) is 60.5 Å². The van der Waals surface area contributed by atoms with Gasteiger partial charge in [0.2, 0.25) is 23.4 Å². The lowest BCUT2D eigenvalue weighted by molar-refractivity contribution is -0.144. The van der Waals surface area contributed by atoms with Gasteiger partial charge in [-0.15, -0.1) is 0 Å². The molecule has 12 heteroatoms. The Kier molecular flexibility index (Phi) is 9.51. The molecule has 4 rings (SSSR count). The topological polar surface area (TPSA) is 181 Å². The number of carbonyl (C=O) groups excluding carboxylic acids is 6. The molecular formula is C32H46N6O6. The van der Waals surface area contributed by atoms with Crippen LogP contribution in [0.1, 0.15) is 77.0 Å². The van der Waals surface area contributed by atoms with E-state index < -0.39 is 53.7 Å². The number of likely N-dealkylation sites (tertiary alicyclic amines) is 1. The number of fused-ring (bicyclic) bond motifs is 1. The number of hydrogen-bond donors (Lipinski definition) is 4. The number of rotatable bonds is 13. The molecular weight excluding hydrogens is 564 g/mol. The molecule has 5 amide bonds. The van der Waals surface area contributed by atoms with Crippen LogP contribution in [0.25, 0.3) is 0 Å². The molecule has 0 spiro atoms. The number of nitrogens with zero attached hydrogens (tertiary/aromatic N) is 2. The van der Waals surface area contributed by atoms with Gasteiger partial charge in [0.05, 0.1) is 12.1 Å². The first-order chi connectivity index (χ1) is 20.5. The number of nitrogens with one attached hydrogen (secondary N) is 3. The van der Waals surface area contributed by atoms with Crippen LogP contribution in [0.3, 0.4) is 0 Å². The third-order valence-corrected chi connectivity index (χ3v) is 9.50. The van der Waals surface area contributed by atoms with Crippen LogP contribution in [0.2, 0.25) is 0 Å². The highest BCUT2D eigenvalue weighted by Crippen LogP contribution is 2.65. The Morgan fingerprint density at radius 3 is 2.14 bits per heavy atom. The van der Waals surface area contributed by atoms with Crippen molar-refractivity contribution in [1.82, 2.24) is 25.8 Å². The van der Waals surface area contributed by atoms with Crippen LogP contribution in [-0.2, 0) is 19.2 Å². The minimum atomic E-state index is -1.11.